The molecular formula is C21H22F3N3O3. The average Bonchev–Trinajstić information content (AvgIpc) is 2.69. The largest absolute Gasteiger partial charge is 0.493 e. The van der Waals surface area contributed by atoms with Crippen LogP contribution in [0.5, 0.6) is 11.5 Å². The molecule has 0 bridgehead atoms. The zero-order valence-corrected chi connectivity index (χ0v) is 17.0. The number of hydrogen-bond acceptors (Lipinski definition) is 5. The fourth-order valence-electron chi connectivity index (χ4n) is 3.37. The van der Waals surface area contributed by atoms with E-state index in [9.17, 15) is 18.0 Å². The smallest absolute Gasteiger partial charge is 0.416 e. The fraction of sp³-hybridized carbons (Fsp3) is 0.333. The topological polar surface area (TPSA) is 79.4 Å². The lowest BCUT2D eigenvalue weighted by molar-refractivity contribution is -0.138. The Morgan fingerprint density at radius 1 is 1.13 bits per heavy atom. The first-order valence-corrected chi connectivity index (χ1v) is 9.15. The highest BCUT2D eigenvalue weighted by Gasteiger charge is 2.35. The molecule has 6 nitrogen and oxygen atoms in total. The van der Waals surface area contributed by atoms with Gasteiger partial charge < -0.3 is 15.2 Å². The van der Waals surface area contributed by atoms with Crippen LogP contribution in [-0.4, -0.2) is 23.8 Å². The zero-order chi connectivity index (χ0) is 22.2. The van der Waals surface area contributed by atoms with E-state index in [2.05, 4.69) is 4.98 Å². The van der Waals surface area contributed by atoms with E-state index in [0.717, 1.165) is 11.6 Å². The predicted octanol–water partition coefficient (Wildman–Crippen LogP) is 3.81. The molecule has 0 unspecified atom stereocenters. The Morgan fingerprint density at radius 3 is 2.37 bits per heavy atom. The first-order chi connectivity index (χ1) is 14.1. The summed E-state index contributed by atoms with van der Waals surface area (Å²) in [6.45, 7) is 3.19. The molecule has 1 heterocycles. The minimum Gasteiger partial charge on any atom is -0.493 e. The quantitative estimate of drug-likeness (QED) is 0.678. The van der Waals surface area contributed by atoms with E-state index in [1.165, 1.54) is 31.8 Å². The van der Waals surface area contributed by atoms with Crippen molar-refractivity contribution in [1.82, 2.24) is 9.55 Å². The summed E-state index contributed by atoms with van der Waals surface area (Å²) >= 11 is 0. The van der Waals surface area contributed by atoms with Crippen molar-refractivity contribution in [2.75, 3.05) is 14.2 Å². The van der Waals surface area contributed by atoms with Gasteiger partial charge >= 0.3 is 6.18 Å². The number of nitrogens with two attached hydrogens (primary N) is 1. The summed E-state index contributed by atoms with van der Waals surface area (Å²) in [7, 11) is 3.02. The standard InChI is InChI=1S/C21H22F3N3O3/c1-11(25)14-8-15-17(9-16(14)21(22,23)24)26-12(2)27(20(15)28)10-13-5-6-18(29-3)19(7-13)30-4/h5-9,11H,10,25H2,1-4H3/t11-/m0/s1. The number of aryl methyl sites for hydroxylation is 1. The van der Waals surface area contributed by atoms with Gasteiger partial charge in [0.05, 0.1) is 37.2 Å². The second-order valence-corrected chi connectivity index (χ2v) is 6.98. The van der Waals surface area contributed by atoms with E-state index < -0.39 is 23.3 Å². The molecule has 2 N–H and O–H groups in total. The third kappa shape index (κ3) is 3.97. The Bertz CT molecular complexity index is 1150. The summed E-state index contributed by atoms with van der Waals surface area (Å²) in [4.78, 5) is 17.4. The van der Waals surface area contributed by atoms with Crippen LogP contribution in [0.2, 0.25) is 0 Å². The van der Waals surface area contributed by atoms with Crippen molar-refractivity contribution >= 4 is 10.9 Å². The number of benzene rings is 2. The molecule has 30 heavy (non-hydrogen) atoms. The number of hydrogen-bond donors (Lipinski definition) is 1. The number of nitrogens with zero attached hydrogens (tertiary/aromatic N) is 2. The maximum absolute atomic E-state index is 13.4. The van der Waals surface area contributed by atoms with Gasteiger partial charge in [-0.1, -0.05) is 6.07 Å². The van der Waals surface area contributed by atoms with Crippen molar-refractivity contribution in [2.45, 2.75) is 32.6 Å². The van der Waals surface area contributed by atoms with E-state index in [1.807, 2.05) is 0 Å². The molecule has 0 saturated heterocycles. The molecule has 0 aliphatic heterocycles. The Hall–Kier alpha value is -3.07. The van der Waals surface area contributed by atoms with Gasteiger partial charge in [0.1, 0.15) is 5.82 Å². The van der Waals surface area contributed by atoms with Crippen LogP contribution in [-0.2, 0) is 12.7 Å². The number of fused-ring (bicyclic) bond motifs is 1. The highest BCUT2D eigenvalue weighted by Crippen LogP contribution is 2.36. The van der Waals surface area contributed by atoms with Gasteiger partial charge in [-0.2, -0.15) is 13.2 Å². The van der Waals surface area contributed by atoms with Crippen molar-refractivity contribution in [2.24, 2.45) is 5.73 Å². The number of ether oxygens (including phenoxy) is 2. The molecule has 2 aromatic carbocycles. The summed E-state index contributed by atoms with van der Waals surface area (Å²) in [5, 5.41) is 0.0846. The molecule has 0 spiro atoms. The third-order valence-corrected chi connectivity index (χ3v) is 4.90. The van der Waals surface area contributed by atoms with Crippen LogP contribution in [0.1, 0.15) is 35.5 Å². The summed E-state index contributed by atoms with van der Waals surface area (Å²) < 4.78 is 52.2. The van der Waals surface area contributed by atoms with Gasteiger partial charge in [-0.15, -0.1) is 0 Å². The first kappa shape index (κ1) is 21.6. The van der Waals surface area contributed by atoms with Crippen molar-refractivity contribution in [1.29, 1.82) is 0 Å². The molecule has 0 amide bonds. The number of halogens is 3. The van der Waals surface area contributed by atoms with E-state index >= 15 is 0 Å². The highest BCUT2D eigenvalue weighted by atomic mass is 19.4. The van der Waals surface area contributed by atoms with E-state index in [-0.39, 0.29) is 23.0 Å². The minimum atomic E-state index is -4.60. The lowest BCUT2D eigenvalue weighted by Gasteiger charge is -2.18. The first-order valence-electron chi connectivity index (χ1n) is 9.15. The van der Waals surface area contributed by atoms with Crippen molar-refractivity contribution < 1.29 is 22.6 Å². The zero-order valence-electron chi connectivity index (χ0n) is 17.0. The Balaban J connectivity index is 2.17. The predicted molar refractivity (Wildman–Crippen MR) is 107 cm³/mol. The average molecular weight is 421 g/mol. The van der Waals surface area contributed by atoms with Crippen LogP contribution < -0.4 is 20.8 Å². The SMILES string of the molecule is COc1ccc(Cn2c(C)nc3cc(C(F)(F)F)c([C@H](C)N)cc3c2=O)cc1OC. The molecule has 0 radical (unpaired) electrons. The molecule has 9 heteroatoms. The Kier molecular flexibility index (Phi) is 5.76. The van der Waals surface area contributed by atoms with Gasteiger partial charge in [0.15, 0.2) is 11.5 Å². The summed E-state index contributed by atoms with van der Waals surface area (Å²) in [6.07, 6.45) is -4.60. The van der Waals surface area contributed by atoms with E-state index in [1.54, 1.807) is 25.1 Å². The Morgan fingerprint density at radius 2 is 1.80 bits per heavy atom. The van der Waals surface area contributed by atoms with Crippen LogP contribution in [0.3, 0.4) is 0 Å². The molecular weight excluding hydrogens is 399 g/mol. The van der Waals surface area contributed by atoms with Crippen LogP contribution in [0, 0.1) is 6.92 Å². The molecule has 3 rings (SSSR count). The van der Waals surface area contributed by atoms with Crippen molar-refractivity contribution in [3.63, 3.8) is 0 Å². The molecule has 0 fully saturated rings. The van der Waals surface area contributed by atoms with Gasteiger partial charge in [-0.05, 0) is 49.2 Å². The highest BCUT2D eigenvalue weighted by molar-refractivity contribution is 5.80. The fourth-order valence-corrected chi connectivity index (χ4v) is 3.37. The number of alkyl halides is 3. The molecule has 1 aromatic heterocycles. The van der Waals surface area contributed by atoms with E-state index in [4.69, 9.17) is 15.2 Å². The lowest BCUT2D eigenvalue weighted by atomic mass is 9.99. The summed E-state index contributed by atoms with van der Waals surface area (Å²) in [5.74, 6) is 1.34. The number of rotatable bonds is 5. The summed E-state index contributed by atoms with van der Waals surface area (Å²) in [5.41, 5.74) is 5.02. The van der Waals surface area contributed by atoms with Crippen molar-refractivity contribution in [3.8, 4) is 11.5 Å². The minimum absolute atomic E-state index is 0.0159. The van der Waals surface area contributed by atoms with Crippen LogP contribution >= 0.6 is 0 Å². The number of methoxy groups -OCH3 is 2. The normalized spacial score (nSPS) is 12.8. The monoisotopic (exact) mass is 421 g/mol. The lowest BCUT2D eigenvalue weighted by Crippen LogP contribution is -2.25. The second-order valence-electron chi connectivity index (χ2n) is 6.98. The Labute approximate surface area is 171 Å². The molecule has 3 aromatic rings. The van der Waals surface area contributed by atoms with E-state index in [0.29, 0.717) is 17.3 Å². The maximum atomic E-state index is 13.4. The third-order valence-electron chi connectivity index (χ3n) is 4.90. The van der Waals surface area contributed by atoms with Gasteiger partial charge in [-0.25, -0.2) is 4.98 Å². The van der Waals surface area contributed by atoms with Crippen molar-refractivity contribution in [3.05, 3.63) is 63.2 Å². The van der Waals surface area contributed by atoms with Gasteiger partial charge in [0.25, 0.3) is 5.56 Å². The maximum Gasteiger partial charge on any atom is 0.416 e. The number of aromatic nitrogens is 2. The van der Waals surface area contributed by atoms with Crippen LogP contribution in [0.25, 0.3) is 10.9 Å². The summed E-state index contributed by atoms with van der Waals surface area (Å²) in [6, 6.07) is 6.41. The molecule has 160 valence electrons. The van der Waals surface area contributed by atoms with Gasteiger partial charge in [0.2, 0.25) is 0 Å². The van der Waals surface area contributed by atoms with Crippen LogP contribution in [0.15, 0.2) is 35.1 Å². The molecule has 0 saturated carbocycles. The molecule has 1 atom stereocenters. The van der Waals surface area contributed by atoms with Crippen LogP contribution in [0.4, 0.5) is 13.2 Å². The van der Waals surface area contributed by atoms with Gasteiger partial charge in [-0.3, -0.25) is 9.36 Å². The second kappa shape index (κ2) is 7.98. The molecule has 0 aliphatic carbocycles. The van der Waals surface area contributed by atoms with Gasteiger partial charge in [0, 0.05) is 6.04 Å². The molecule has 0 aliphatic rings.